The van der Waals surface area contributed by atoms with Crippen molar-refractivity contribution < 1.29 is 31.1 Å². The van der Waals surface area contributed by atoms with Crippen molar-refractivity contribution in [2.45, 2.75) is 30.9 Å². The first-order chi connectivity index (χ1) is 15.4. The Kier molecular flexibility index (Phi) is 7.49. The molecule has 0 aromatic heterocycles. The van der Waals surface area contributed by atoms with E-state index in [-0.39, 0.29) is 35.9 Å². The number of fused-ring (bicyclic) bond motifs is 1. The summed E-state index contributed by atoms with van der Waals surface area (Å²) in [5.74, 6) is -0.879. The second-order valence-electron chi connectivity index (χ2n) is 8.42. The van der Waals surface area contributed by atoms with E-state index in [0.29, 0.717) is 5.56 Å². The molecule has 0 radical (unpaired) electrons. The number of hydrogen-bond donors (Lipinski definition) is 1. The van der Waals surface area contributed by atoms with Crippen LogP contribution in [0.1, 0.15) is 13.8 Å². The Labute approximate surface area is 194 Å². The number of likely N-dealkylation sites (N-methyl/N-ethyl adjacent to an activating group) is 1. The normalized spacial score (nSPS) is 22.2. The molecule has 3 rings (SSSR count). The highest BCUT2D eigenvalue weighted by Gasteiger charge is 2.38. The van der Waals surface area contributed by atoms with Crippen molar-refractivity contribution >= 4 is 20.0 Å². The minimum atomic E-state index is -4.05. The molecule has 0 bridgehead atoms. The van der Waals surface area contributed by atoms with Gasteiger partial charge in [0, 0.05) is 31.1 Å². The third-order valence-electron chi connectivity index (χ3n) is 5.86. The number of benzene rings is 2. The van der Waals surface area contributed by atoms with Gasteiger partial charge in [-0.25, -0.2) is 25.5 Å². The van der Waals surface area contributed by atoms with Crippen molar-refractivity contribution in [3.63, 3.8) is 0 Å². The second kappa shape index (κ2) is 9.67. The molecule has 1 heterocycles. The molecule has 0 aliphatic carbocycles. The van der Waals surface area contributed by atoms with Crippen molar-refractivity contribution in [1.82, 2.24) is 8.61 Å². The van der Waals surface area contributed by atoms with Gasteiger partial charge < -0.3 is 9.84 Å². The lowest BCUT2D eigenvalue weighted by molar-refractivity contribution is 0.0906. The fourth-order valence-electron chi connectivity index (χ4n) is 3.70. The lowest BCUT2D eigenvalue weighted by Gasteiger charge is -2.37. The van der Waals surface area contributed by atoms with E-state index < -0.39 is 43.9 Å². The molecule has 8 nitrogen and oxygen atoms in total. The van der Waals surface area contributed by atoms with Crippen LogP contribution in [0.15, 0.2) is 47.4 Å². The van der Waals surface area contributed by atoms with Crippen LogP contribution in [0.25, 0.3) is 11.1 Å². The van der Waals surface area contributed by atoms with Crippen LogP contribution in [0.3, 0.4) is 0 Å². The monoisotopic (exact) mass is 500 g/mol. The average molecular weight is 501 g/mol. The van der Waals surface area contributed by atoms with Crippen LogP contribution in [0.2, 0.25) is 0 Å². The summed E-state index contributed by atoms with van der Waals surface area (Å²) in [6, 6.07) is 9.72. The van der Waals surface area contributed by atoms with E-state index in [0.717, 1.165) is 10.6 Å². The Bertz CT molecular complexity index is 1220. The fraction of sp³-hybridized carbons (Fsp3) is 0.455. The zero-order valence-corrected chi connectivity index (χ0v) is 20.6. The average Bonchev–Trinajstić information content (AvgIpc) is 2.75. The second-order valence-corrected chi connectivity index (χ2v) is 12.4. The zero-order chi connectivity index (χ0) is 24.6. The van der Waals surface area contributed by atoms with Crippen LogP contribution in [0.4, 0.5) is 4.39 Å². The molecule has 0 saturated heterocycles. The maximum Gasteiger partial charge on any atom is 0.247 e. The SMILES string of the molecule is C[C@H](CO)N1C[C@H](C)[C@@H](CN(C)S(C)(=O)=O)Oc2cc(-c3ccccc3F)ccc2S1(=O)=O. The van der Waals surface area contributed by atoms with Crippen LogP contribution >= 0.6 is 0 Å². The fourth-order valence-corrected chi connectivity index (χ4v) is 5.94. The number of aliphatic hydroxyl groups is 1. The summed E-state index contributed by atoms with van der Waals surface area (Å²) < 4.78 is 73.8. The van der Waals surface area contributed by atoms with Gasteiger partial charge in [-0.05, 0) is 30.7 Å². The summed E-state index contributed by atoms with van der Waals surface area (Å²) in [6.45, 7) is 2.99. The summed E-state index contributed by atoms with van der Waals surface area (Å²) in [6.07, 6.45) is 0.387. The lowest BCUT2D eigenvalue weighted by atomic mass is 10.0. The van der Waals surface area contributed by atoms with Crippen LogP contribution in [0, 0.1) is 11.7 Å². The molecule has 0 fully saturated rings. The van der Waals surface area contributed by atoms with Gasteiger partial charge in [-0.2, -0.15) is 4.31 Å². The van der Waals surface area contributed by atoms with Gasteiger partial charge in [0.15, 0.2) is 0 Å². The molecule has 0 amide bonds. The van der Waals surface area contributed by atoms with E-state index in [1.165, 1.54) is 35.6 Å². The van der Waals surface area contributed by atoms with Gasteiger partial charge in [-0.3, -0.25) is 0 Å². The number of halogens is 1. The van der Waals surface area contributed by atoms with Crippen LogP contribution in [-0.2, 0) is 20.0 Å². The molecule has 0 unspecified atom stereocenters. The van der Waals surface area contributed by atoms with Gasteiger partial charge >= 0.3 is 0 Å². The first kappa shape index (κ1) is 25.6. The highest BCUT2D eigenvalue weighted by molar-refractivity contribution is 7.89. The Hall–Kier alpha value is -2.05. The van der Waals surface area contributed by atoms with Crippen molar-refractivity contribution in [2.75, 3.05) is 33.0 Å². The van der Waals surface area contributed by atoms with Gasteiger partial charge in [0.1, 0.15) is 22.6 Å². The highest BCUT2D eigenvalue weighted by atomic mass is 32.2. The van der Waals surface area contributed by atoms with E-state index in [9.17, 15) is 26.3 Å². The number of sulfonamides is 2. The summed E-state index contributed by atoms with van der Waals surface area (Å²) in [5, 5.41) is 9.69. The summed E-state index contributed by atoms with van der Waals surface area (Å²) >= 11 is 0. The topological polar surface area (TPSA) is 104 Å². The number of hydrogen-bond acceptors (Lipinski definition) is 6. The van der Waals surface area contributed by atoms with Crippen molar-refractivity contribution in [1.29, 1.82) is 0 Å². The minimum Gasteiger partial charge on any atom is -0.487 e. The number of nitrogens with zero attached hydrogens (tertiary/aromatic N) is 2. The molecule has 1 aliphatic rings. The van der Waals surface area contributed by atoms with Gasteiger partial charge in [0.2, 0.25) is 20.0 Å². The molecular formula is C22H29FN2O6S2. The van der Waals surface area contributed by atoms with Gasteiger partial charge in [-0.15, -0.1) is 0 Å². The predicted octanol–water partition coefficient (Wildman–Crippen LogP) is 2.15. The van der Waals surface area contributed by atoms with E-state index in [4.69, 9.17) is 4.74 Å². The zero-order valence-electron chi connectivity index (χ0n) is 19.0. The molecule has 2 aromatic rings. The Morgan fingerprint density at radius 2 is 1.94 bits per heavy atom. The summed E-state index contributed by atoms with van der Waals surface area (Å²) in [5.41, 5.74) is 0.703. The van der Waals surface area contributed by atoms with Crippen molar-refractivity contribution in [3.8, 4) is 16.9 Å². The Balaban J connectivity index is 2.17. The molecule has 3 atom stereocenters. The molecule has 0 spiro atoms. The Morgan fingerprint density at radius 1 is 1.27 bits per heavy atom. The molecule has 2 aromatic carbocycles. The number of rotatable bonds is 6. The van der Waals surface area contributed by atoms with Crippen LogP contribution in [0.5, 0.6) is 5.75 Å². The quantitative estimate of drug-likeness (QED) is 0.652. The first-order valence-corrected chi connectivity index (χ1v) is 13.7. The third kappa shape index (κ3) is 5.38. The van der Waals surface area contributed by atoms with Crippen molar-refractivity contribution in [2.24, 2.45) is 5.92 Å². The number of ether oxygens (including phenoxy) is 1. The molecule has 1 N–H and O–H groups in total. The van der Waals surface area contributed by atoms with Gasteiger partial charge in [0.05, 0.1) is 19.4 Å². The summed E-state index contributed by atoms with van der Waals surface area (Å²) in [4.78, 5) is -0.123. The largest absolute Gasteiger partial charge is 0.487 e. The standard InChI is InChI=1S/C22H29FN2O6S2/c1-15-12-25(16(2)14-26)33(29,30)22-10-9-17(18-7-5-6-8-19(18)23)11-20(22)31-21(15)13-24(3)32(4,27)28/h5-11,15-16,21,26H,12-14H2,1-4H3/t15-,16+,21+/m0/s1. The molecule has 33 heavy (non-hydrogen) atoms. The molecular weight excluding hydrogens is 471 g/mol. The van der Waals surface area contributed by atoms with Crippen molar-refractivity contribution in [3.05, 3.63) is 48.3 Å². The van der Waals surface area contributed by atoms with E-state index in [1.54, 1.807) is 32.0 Å². The molecule has 1 aliphatic heterocycles. The molecule has 11 heteroatoms. The van der Waals surface area contributed by atoms with Gasteiger partial charge in [0.25, 0.3) is 0 Å². The third-order valence-corrected chi connectivity index (χ3v) is 9.16. The minimum absolute atomic E-state index is 0.00402. The lowest BCUT2D eigenvalue weighted by Crippen LogP contribution is -2.50. The van der Waals surface area contributed by atoms with Crippen LogP contribution in [-0.4, -0.2) is 75.7 Å². The maximum absolute atomic E-state index is 14.4. The first-order valence-electron chi connectivity index (χ1n) is 10.5. The smallest absolute Gasteiger partial charge is 0.247 e. The van der Waals surface area contributed by atoms with E-state index >= 15 is 0 Å². The maximum atomic E-state index is 14.4. The highest BCUT2D eigenvalue weighted by Crippen LogP contribution is 2.37. The van der Waals surface area contributed by atoms with E-state index in [2.05, 4.69) is 0 Å². The number of aliphatic hydroxyl groups excluding tert-OH is 1. The predicted molar refractivity (Wildman–Crippen MR) is 123 cm³/mol. The molecule has 0 saturated carbocycles. The Morgan fingerprint density at radius 3 is 2.55 bits per heavy atom. The summed E-state index contributed by atoms with van der Waals surface area (Å²) in [7, 11) is -6.14. The molecule has 182 valence electrons. The van der Waals surface area contributed by atoms with E-state index in [1.807, 2.05) is 0 Å². The van der Waals surface area contributed by atoms with Crippen LogP contribution < -0.4 is 4.74 Å². The van der Waals surface area contributed by atoms with Gasteiger partial charge in [-0.1, -0.05) is 31.2 Å².